The number of allylic oxidation sites excluding steroid dienone is 1. The molecule has 0 aliphatic rings. The molecule has 1 N–H and O–H groups in total. The summed E-state index contributed by atoms with van der Waals surface area (Å²) in [7, 11) is 0. The summed E-state index contributed by atoms with van der Waals surface area (Å²) in [4.78, 5) is 30.9. The molecule has 0 aliphatic heterocycles. The molecule has 1 aromatic carbocycles. The zero-order valence-electron chi connectivity index (χ0n) is 16.6. The van der Waals surface area contributed by atoms with Crippen molar-refractivity contribution in [1.29, 1.82) is 0 Å². The molecule has 0 unspecified atom stereocenters. The van der Waals surface area contributed by atoms with Gasteiger partial charge in [0.2, 0.25) is 11.7 Å². The van der Waals surface area contributed by atoms with Gasteiger partial charge in [-0.05, 0) is 23.6 Å². The molecule has 8 nitrogen and oxygen atoms in total. The van der Waals surface area contributed by atoms with E-state index in [4.69, 9.17) is 0 Å². The SMILES string of the molecule is C=CCn1c(=O)c2ccccc2n2c(SCC(=O)Nc3nc(-c4cccs4)cs3)nnc12. The van der Waals surface area contributed by atoms with Crippen LogP contribution >= 0.6 is 34.4 Å². The first-order valence-electron chi connectivity index (χ1n) is 9.55. The van der Waals surface area contributed by atoms with Crippen molar-refractivity contribution in [3.8, 4) is 10.6 Å². The number of amides is 1. The lowest BCUT2D eigenvalue weighted by Crippen LogP contribution is -2.22. The van der Waals surface area contributed by atoms with E-state index in [-0.39, 0.29) is 17.2 Å². The topological polar surface area (TPSA) is 94.2 Å². The van der Waals surface area contributed by atoms with Crippen LogP contribution in [-0.4, -0.2) is 35.8 Å². The first-order chi connectivity index (χ1) is 15.7. The van der Waals surface area contributed by atoms with Crippen LogP contribution in [0.5, 0.6) is 0 Å². The Kier molecular flexibility index (Phi) is 5.60. The van der Waals surface area contributed by atoms with Gasteiger partial charge < -0.3 is 5.32 Å². The van der Waals surface area contributed by atoms with Crippen molar-refractivity contribution >= 4 is 62.2 Å². The van der Waals surface area contributed by atoms with Gasteiger partial charge in [-0.2, -0.15) is 0 Å². The Balaban J connectivity index is 1.39. The predicted molar refractivity (Wildman–Crippen MR) is 130 cm³/mol. The summed E-state index contributed by atoms with van der Waals surface area (Å²) < 4.78 is 3.32. The van der Waals surface area contributed by atoms with E-state index in [2.05, 4.69) is 27.1 Å². The lowest BCUT2D eigenvalue weighted by atomic mass is 10.2. The molecule has 1 amide bonds. The summed E-state index contributed by atoms with van der Waals surface area (Å²) in [6, 6.07) is 11.2. The van der Waals surface area contributed by atoms with Crippen LogP contribution in [0.1, 0.15) is 0 Å². The second-order valence-corrected chi connectivity index (χ2v) is 9.44. The van der Waals surface area contributed by atoms with Crippen molar-refractivity contribution in [3.63, 3.8) is 0 Å². The van der Waals surface area contributed by atoms with E-state index < -0.39 is 0 Å². The van der Waals surface area contributed by atoms with Gasteiger partial charge in [-0.1, -0.05) is 36.0 Å². The molecule has 0 bridgehead atoms. The Morgan fingerprint density at radius 2 is 2.06 bits per heavy atom. The smallest absolute Gasteiger partial charge is 0.263 e. The Morgan fingerprint density at radius 3 is 2.88 bits per heavy atom. The summed E-state index contributed by atoms with van der Waals surface area (Å²) in [6.45, 7) is 4.04. The number of carbonyl (C=O) groups excluding carboxylic acids is 1. The van der Waals surface area contributed by atoms with E-state index in [1.807, 2.05) is 41.1 Å². The number of thiazole rings is 1. The average molecular weight is 481 g/mol. The summed E-state index contributed by atoms with van der Waals surface area (Å²) in [6.07, 6.45) is 1.64. The van der Waals surface area contributed by atoms with Crippen LogP contribution < -0.4 is 10.9 Å². The summed E-state index contributed by atoms with van der Waals surface area (Å²) in [5.74, 6) is 0.350. The number of anilines is 1. The normalized spacial score (nSPS) is 11.2. The Bertz CT molecular complexity index is 1500. The number of hydrogen-bond donors (Lipinski definition) is 1. The molecular weight excluding hydrogens is 464 g/mol. The number of nitrogens with one attached hydrogen (secondary N) is 1. The van der Waals surface area contributed by atoms with Gasteiger partial charge in [0.05, 0.1) is 27.2 Å². The van der Waals surface area contributed by atoms with E-state index in [1.165, 1.54) is 27.7 Å². The Hall–Kier alpha value is -3.28. The molecule has 0 aliphatic carbocycles. The lowest BCUT2D eigenvalue weighted by molar-refractivity contribution is -0.113. The minimum absolute atomic E-state index is 0.129. The Labute approximate surface area is 194 Å². The number of aromatic nitrogens is 5. The van der Waals surface area contributed by atoms with E-state index in [0.717, 1.165) is 10.6 Å². The molecular formula is C21H16N6O2S3. The van der Waals surface area contributed by atoms with Gasteiger partial charge in [0, 0.05) is 11.9 Å². The van der Waals surface area contributed by atoms with Crippen LogP contribution in [0, 0.1) is 0 Å². The van der Waals surface area contributed by atoms with Crippen molar-refractivity contribution in [2.45, 2.75) is 11.7 Å². The number of thiophene rings is 1. The lowest BCUT2D eigenvalue weighted by Gasteiger charge is -2.09. The number of thioether (sulfide) groups is 1. The first-order valence-corrected chi connectivity index (χ1v) is 12.3. The van der Waals surface area contributed by atoms with Gasteiger partial charge in [-0.3, -0.25) is 18.6 Å². The van der Waals surface area contributed by atoms with Gasteiger partial charge >= 0.3 is 0 Å². The van der Waals surface area contributed by atoms with Gasteiger partial charge in [0.1, 0.15) is 0 Å². The molecule has 5 aromatic rings. The van der Waals surface area contributed by atoms with E-state index in [9.17, 15) is 9.59 Å². The standard InChI is InChI=1S/C21H16N6O2S3/c1-2-9-26-18(29)13-6-3-4-7-15(13)27-20(26)24-25-21(27)32-12-17(28)23-19-22-14(11-31-19)16-8-5-10-30-16/h2-8,10-11H,1,9,12H2,(H,22,23,28). The summed E-state index contributed by atoms with van der Waals surface area (Å²) in [5.41, 5.74) is 1.39. The van der Waals surface area contributed by atoms with Gasteiger partial charge in [-0.25, -0.2) is 4.98 Å². The van der Waals surface area contributed by atoms with Crippen LogP contribution in [0.25, 0.3) is 27.3 Å². The molecule has 0 radical (unpaired) electrons. The van der Waals surface area contributed by atoms with Crippen molar-refractivity contribution < 1.29 is 4.79 Å². The van der Waals surface area contributed by atoms with Crippen LogP contribution in [0.3, 0.4) is 0 Å². The average Bonchev–Trinajstić information content (AvgIpc) is 3.56. The minimum Gasteiger partial charge on any atom is -0.301 e. The maximum Gasteiger partial charge on any atom is 0.263 e. The zero-order chi connectivity index (χ0) is 22.1. The molecule has 5 rings (SSSR count). The molecule has 4 heterocycles. The molecule has 0 saturated carbocycles. The quantitative estimate of drug-likeness (QED) is 0.278. The highest BCUT2D eigenvalue weighted by molar-refractivity contribution is 7.99. The van der Waals surface area contributed by atoms with Gasteiger partial charge in [0.25, 0.3) is 5.56 Å². The van der Waals surface area contributed by atoms with Crippen LogP contribution in [0.15, 0.2) is 69.8 Å². The van der Waals surface area contributed by atoms with Crippen LogP contribution in [-0.2, 0) is 11.3 Å². The van der Waals surface area contributed by atoms with Crippen LogP contribution in [0.4, 0.5) is 5.13 Å². The second-order valence-electron chi connectivity index (χ2n) is 6.69. The maximum atomic E-state index is 12.9. The summed E-state index contributed by atoms with van der Waals surface area (Å²) >= 11 is 4.24. The number of benzene rings is 1. The highest BCUT2D eigenvalue weighted by Crippen LogP contribution is 2.28. The highest BCUT2D eigenvalue weighted by Gasteiger charge is 2.17. The fourth-order valence-corrected chi connectivity index (χ4v) is 5.50. The van der Waals surface area contributed by atoms with Gasteiger partial charge in [-0.15, -0.1) is 39.4 Å². The van der Waals surface area contributed by atoms with Gasteiger partial charge in [0.15, 0.2) is 10.3 Å². The monoisotopic (exact) mass is 480 g/mol. The van der Waals surface area contributed by atoms with Crippen molar-refractivity contribution in [3.05, 3.63) is 70.2 Å². The first kappa shape index (κ1) is 20.6. The molecule has 4 aromatic heterocycles. The van der Waals surface area contributed by atoms with Crippen molar-refractivity contribution in [2.75, 3.05) is 11.1 Å². The van der Waals surface area contributed by atoms with Crippen molar-refractivity contribution in [2.24, 2.45) is 0 Å². The molecule has 0 atom stereocenters. The van der Waals surface area contributed by atoms with Crippen LogP contribution in [0.2, 0.25) is 0 Å². The molecule has 11 heteroatoms. The molecule has 32 heavy (non-hydrogen) atoms. The van der Waals surface area contributed by atoms with Crippen molar-refractivity contribution in [1.82, 2.24) is 24.1 Å². The predicted octanol–water partition coefficient (Wildman–Crippen LogP) is 4.15. The number of para-hydroxylation sites is 1. The number of rotatable bonds is 7. The number of nitrogens with zero attached hydrogens (tertiary/aromatic N) is 5. The second kappa shape index (κ2) is 8.69. The van der Waals surface area contributed by atoms with E-state index in [0.29, 0.717) is 33.5 Å². The Morgan fingerprint density at radius 1 is 1.19 bits per heavy atom. The number of carbonyl (C=O) groups is 1. The number of hydrogen-bond acceptors (Lipinski definition) is 8. The van der Waals surface area contributed by atoms with E-state index in [1.54, 1.807) is 27.9 Å². The fraction of sp³-hybridized carbons (Fsp3) is 0.0952. The third-order valence-corrected chi connectivity index (χ3v) is 7.23. The zero-order valence-corrected chi connectivity index (χ0v) is 19.0. The molecule has 0 fully saturated rings. The third-order valence-electron chi connectivity index (χ3n) is 4.65. The summed E-state index contributed by atoms with van der Waals surface area (Å²) in [5, 5.41) is 16.8. The highest BCUT2D eigenvalue weighted by atomic mass is 32.2. The van der Waals surface area contributed by atoms with E-state index >= 15 is 0 Å². The molecule has 0 saturated heterocycles. The molecule has 160 valence electrons. The molecule has 0 spiro atoms. The minimum atomic E-state index is -0.192. The maximum absolute atomic E-state index is 12.9. The largest absolute Gasteiger partial charge is 0.301 e. The third kappa shape index (κ3) is 3.74. The fourth-order valence-electron chi connectivity index (χ4n) is 3.27. The number of fused-ring (bicyclic) bond motifs is 3.